The minimum Gasteiger partial charge on any atom is -0.332 e. The van der Waals surface area contributed by atoms with Crippen LogP contribution in [0.25, 0.3) is 0 Å². The van der Waals surface area contributed by atoms with Gasteiger partial charge >= 0.3 is 0 Å². The van der Waals surface area contributed by atoms with Gasteiger partial charge in [-0.1, -0.05) is 28.8 Å². The molecule has 1 aliphatic carbocycles. The molecule has 0 unspecified atom stereocenters. The van der Waals surface area contributed by atoms with E-state index < -0.39 is 10.0 Å². The van der Waals surface area contributed by atoms with Gasteiger partial charge in [-0.2, -0.15) is 0 Å². The van der Waals surface area contributed by atoms with Crippen LogP contribution < -0.4 is 4.72 Å². The summed E-state index contributed by atoms with van der Waals surface area (Å²) in [6.45, 7) is 1.73. The van der Waals surface area contributed by atoms with Gasteiger partial charge in [-0.05, 0) is 19.8 Å². The summed E-state index contributed by atoms with van der Waals surface area (Å²) in [7, 11) is -3.49. The SMILES string of the molecule is Cc1ncc(S(=O)(=O)NC2(CBr)CCCC2)[nH]1. The number of aromatic amines is 1. The molecule has 0 aliphatic heterocycles. The summed E-state index contributed by atoms with van der Waals surface area (Å²) in [5.41, 5.74) is -0.335. The fraction of sp³-hybridized carbons (Fsp3) is 0.700. The number of imidazole rings is 1. The molecule has 1 saturated carbocycles. The van der Waals surface area contributed by atoms with Crippen LogP contribution in [0.3, 0.4) is 0 Å². The van der Waals surface area contributed by atoms with Gasteiger partial charge in [-0.25, -0.2) is 18.1 Å². The molecule has 1 fully saturated rings. The van der Waals surface area contributed by atoms with E-state index in [1.54, 1.807) is 6.92 Å². The molecule has 2 rings (SSSR count). The normalized spacial score (nSPS) is 19.6. The lowest BCUT2D eigenvalue weighted by Gasteiger charge is -2.27. The number of aromatic nitrogens is 2. The molecule has 17 heavy (non-hydrogen) atoms. The van der Waals surface area contributed by atoms with Crippen molar-refractivity contribution in [2.45, 2.75) is 43.2 Å². The number of hydrogen-bond donors (Lipinski definition) is 2. The van der Waals surface area contributed by atoms with Gasteiger partial charge in [-0.3, -0.25) is 0 Å². The van der Waals surface area contributed by atoms with Gasteiger partial charge in [0.2, 0.25) is 0 Å². The zero-order valence-electron chi connectivity index (χ0n) is 9.66. The van der Waals surface area contributed by atoms with Crippen molar-refractivity contribution in [3.8, 4) is 0 Å². The van der Waals surface area contributed by atoms with Gasteiger partial charge in [0, 0.05) is 10.9 Å². The Morgan fingerprint density at radius 2 is 2.18 bits per heavy atom. The number of H-pyrrole nitrogens is 1. The molecule has 1 aromatic heterocycles. The molecule has 0 radical (unpaired) electrons. The molecule has 5 nitrogen and oxygen atoms in total. The summed E-state index contributed by atoms with van der Waals surface area (Å²) in [4.78, 5) is 6.67. The van der Waals surface area contributed by atoms with Gasteiger partial charge in [0.25, 0.3) is 10.0 Å². The van der Waals surface area contributed by atoms with E-state index in [9.17, 15) is 8.42 Å². The third kappa shape index (κ3) is 2.71. The molecule has 0 bridgehead atoms. The quantitative estimate of drug-likeness (QED) is 0.829. The van der Waals surface area contributed by atoms with Crippen LogP contribution in [0.5, 0.6) is 0 Å². The largest absolute Gasteiger partial charge is 0.332 e. The minimum atomic E-state index is -3.49. The monoisotopic (exact) mass is 321 g/mol. The van der Waals surface area contributed by atoms with E-state index >= 15 is 0 Å². The Balaban J connectivity index is 2.22. The Morgan fingerprint density at radius 3 is 2.65 bits per heavy atom. The molecule has 1 heterocycles. The highest BCUT2D eigenvalue weighted by Gasteiger charge is 2.37. The zero-order chi connectivity index (χ0) is 12.5. The smallest absolute Gasteiger partial charge is 0.258 e. The zero-order valence-corrected chi connectivity index (χ0v) is 12.1. The highest BCUT2D eigenvalue weighted by atomic mass is 79.9. The Hall–Kier alpha value is -0.400. The molecular formula is C10H16BrN3O2S. The van der Waals surface area contributed by atoms with Gasteiger partial charge in [0.1, 0.15) is 5.82 Å². The van der Waals surface area contributed by atoms with Crippen LogP contribution in [-0.4, -0.2) is 29.3 Å². The van der Waals surface area contributed by atoms with Gasteiger partial charge in [0.05, 0.1) is 6.20 Å². The number of rotatable bonds is 4. The van der Waals surface area contributed by atoms with Gasteiger partial charge < -0.3 is 4.98 Å². The number of halogens is 1. The Bertz CT molecular complexity index is 491. The highest BCUT2D eigenvalue weighted by molar-refractivity contribution is 9.09. The van der Waals surface area contributed by atoms with Crippen LogP contribution in [-0.2, 0) is 10.0 Å². The predicted octanol–water partition coefficient (Wildman–Crippen LogP) is 1.70. The Kier molecular flexibility index (Phi) is 3.61. The molecule has 96 valence electrons. The molecule has 0 aromatic carbocycles. The van der Waals surface area contributed by atoms with E-state index in [2.05, 4.69) is 30.6 Å². The highest BCUT2D eigenvalue weighted by Crippen LogP contribution is 2.32. The molecule has 2 N–H and O–H groups in total. The minimum absolute atomic E-state index is 0.141. The average Bonchev–Trinajstić information content (AvgIpc) is 2.87. The van der Waals surface area contributed by atoms with Crippen molar-refractivity contribution in [1.29, 1.82) is 0 Å². The second-order valence-corrected chi connectivity index (χ2v) is 6.77. The first-order valence-electron chi connectivity index (χ1n) is 5.59. The maximum Gasteiger partial charge on any atom is 0.258 e. The molecule has 1 aromatic rings. The standard InChI is InChI=1S/C10H16BrN3O2S/c1-8-12-6-9(13-8)17(15,16)14-10(7-11)4-2-3-5-10/h6,14H,2-5,7H2,1H3,(H,12,13). The van der Waals surface area contributed by atoms with E-state index in [4.69, 9.17) is 0 Å². The van der Waals surface area contributed by atoms with Crippen molar-refractivity contribution in [3.63, 3.8) is 0 Å². The molecule has 0 spiro atoms. The molecule has 0 saturated heterocycles. The van der Waals surface area contributed by atoms with Crippen LogP contribution in [0, 0.1) is 6.92 Å². The molecule has 0 amide bonds. The van der Waals surface area contributed by atoms with E-state index in [0.29, 0.717) is 11.2 Å². The first-order valence-corrected chi connectivity index (χ1v) is 8.19. The second kappa shape index (κ2) is 4.70. The van der Waals surface area contributed by atoms with Crippen LogP contribution >= 0.6 is 15.9 Å². The van der Waals surface area contributed by atoms with Crippen LogP contribution in [0.4, 0.5) is 0 Å². The van der Waals surface area contributed by atoms with Crippen LogP contribution in [0.2, 0.25) is 0 Å². The van der Waals surface area contributed by atoms with Crippen molar-refractivity contribution in [2.24, 2.45) is 0 Å². The Labute approximate surface area is 110 Å². The summed E-state index contributed by atoms with van der Waals surface area (Å²) >= 11 is 3.41. The second-order valence-electron chi connectivity index (χ2n) is 4.56. The van der Waals surface area contributed by atoms with Crippen molar-refractivity contribution in [2.75, 3.05) is 5.33 Å². The molecule has 7 heteroatoms. The molecule has 0 atom stereocenters. The number of nitrogens with one attached hydrogen (secondary N) is 2. The summed E-state index contributed by atoms with van der Waals surface area (Å²) in [5.74, 6) is 0.602. The Morgan fingerprint density at radius 1 is 1.53 bits per heavy atom. The lowest BCUT2D eigenvalue weighted by Crippen LogP contribution is -2.47. The van der Waals surface area contributed by atoms with Gasteiger partial charge in [0.15, 0.2) is 5.03 Å². The summed E-state index contributed by atoms with van der Waals surface area (Å²) in [6, 6.07) is 0. The lowest BCUT2D eigenvalue weighted by molar-refractivity contribution is 0.437. The summed E-state index contributed by atoms with van der Waals surface area (Å²) in [5, 5.41) is 0.786. The first kappa shape index (κ1) is 13.0. The van der Waals surface area contributed by atoms with Crippen LogP contribution in [0.15, 0.2) is 11.2 Å². The molecular weight excluding hydrogens is 306 g/mol. The predicted molar refractivity (Wildman–Crippen MR) is 68.6 cm³/mol. The van der Waals surface area contributed by atoms with Crippen LogP contribution in [0.1, 0.15) is 31.5 Å². The van der Waals surface area contributed by atoms with E-state index in [1.165, 1.54) is 6.20 Å². The average molecular weight is 322 g/mol. The lowest BCUT2D eigenvalue weighted by atomic mass is 10.0. The van der Waals surface area contributed by atoms with Crippen molar-refractivity contribution < 1.29 is 8.42 Å². The molecule has 1 aliphatic rings. The van der Waals surface area contributed by atoms with Crippen molar-refractivity contribution >= 4 is 26.0 Å². The maximum absolute atomic E-state index is 12.2. The number of aryl methyl sites for hydroxylation is 1. The number of nitrogens with zero attached hydrogens (tertiary/aromatic N) is 1. The third-order valence-corrected chi connectivity index (χ3v) is 5.70. The maximum atomic E-state index is 12.2. The summed E-state index contributed by atoms with van der Waals surface area (Å²) in [6.07, 6.45) is 5.25. The fourth-order valence-corrected chi connectivity index (χ4v) is 4.51. The van der Waals surface area contributed by atoms with Crippen molar-refractivity contribution in [3.05, 3.63) is 12.0 Å². The number of sulfonamides is 1. The topological polar surface area (TPSA) is 74.8 Å². The van der Waals surface area contributed by atoms with Gasteiger partial charge in [-0.15, -0.1) is 0 Å². The van der Waals surface area contributed by atoms with Crippen molar-refractivity contribution in [1.82, 2.24) is 14.7 Å². The van der Waals surface area contributed by atoms with E-state index in [0.717, 1.165) is 25.7 Å². The fourth-order valence-electron chi connectivity index (χ4n) is 2.19. The number of hydrogen-bond acceptors (Lipinski definition) is 3. The van der Waals surface area contributed by atoms with E-state index in [-0.39, 0.29) is 10.6 Å². The first-order chi connectivity index (χ1) is 7.97. The van der Waals surface area contributed by atoms with E-state index in [1.807, 2.05) is 0 Å². The summed E-state index contributed by atoms with van der Waals surface area (Å²) < 4.78 is 27.1. The number of alkyl halides is 1. The third-order valence-electron chi connectivity index (χ3n) is 3.14.